The van der Waals surface area contributed by atoms with E-state index < -0.39 is 0 Å². The number of aromatic nitrogens is 2. The lowest BCUT2D eigenvalue weighted by atomic mass is 10.2. The van der Waals surface area contributed by atoms with Gasteiger partial charge in [0.1, 0.15) is 19.0 Å². The topological polar surface area (TPSA) is 56.2 Å². The summed E-state index contributed by atoms with van der Waals surface area (Å²) >= 11 is 0. The third-order valence-electron chi connectivity index (χ3n) is 3.61. The fourth-order valence-corrected chi connectivity index (χ4v) is 2.61. The number of imidazole rings is 1. The van der Waals surface area contributed by atoms with Crippen LogP contribution in [-0.4, -0.2) is 22.6 Å². The lowest BCUT2D eigenvalue weighted by Gasteiger charge is -2.10. The molecule has 0 aliphatic rings. The first-order valence-corrected chi connectivity index (χ1v) is 7.47. The van der Waals surface area contributed by atoms with E-state index in [4.69, 9.17) is 4.74 Å². The molecule has 5 nitrogen and oxygen atoms in total. The molecule has 0 saturated carbocycles. The molecule has 1 aromatic heterocycles. The Morgan fingerprint density at radius 3 is 2.83 bits per heavy atom. The number of ether oxygens (including phenoxy) is 1. The molecular weight excluding hydrogens is 290 g/mol. The molecule has 0 aliphatic heterocycles. The molecule has 0 radical (unpaired) electrons. The van der Waals surface area contributed by atoms with Crippen LogP contribution >= 0.6 is 0 Å². The minimum Gasteiger partial charge on any atom is -0.377 e. The van der Waals surface area contributed by atoms with Crippen molar-refractivity contribution in [1.29, 1.82) is 0 Å². The molecule has 5 heteroatoms. The molecule has 0 aliphatic carbocycles. The highest BCUT2D eigenvalue weighted by molar-refractivity contribution is 5.91. The van der Waals surface area contributed by atoms with Gasteiger partial charge in [0, 0.05) is 12.8 Å². The van der Waals surface area contributed by atoms with E-state index in [1.165, 1.54) is 0 Å². The summed E-state index contributed by atoms with van der Waals surface area (Å²) in [4.78, 5) is 16.9. The number of carbonyl (C=O) groups excluding carboxylic acids is 1. The molecule has 0 atom stereocenters. The second-order valence-corrected chi connectivity index (χ2v) is 5.45. The van der Waals surface area contributed by atoms with Crippen molar-refractivity contribution in [3.8, 4) is 0 Å². The van der Waals surface area contributed by atoms with Crippen LogP contribution in [-0.2, 0) is 22.7 Å². The SMILES string of the molecule is COCc1nc2ccccc2n1CC(=O)Nc1cccc(C)c1. The van der Waals surface area contributed by atoms with Crippen LogP contribution in [0.15, 0.2) is 48.5 Å². The van der Waals surface area contributed by atoms with E-state index in [2.05, 4.69) is 10.3 Å². The van der Waals surface area contributed by atoms with Gasteiger partial charge in [-0.3, -0.25) is 4.79 Å². The van der Waals surface area contributed by atoms with Crippen molar-refractivity contribution >= 4 is 22.6 Å². The summed E-state index contributed by atoms with van der Waals surface area (Å²) < 4.78 is 7.09. The first kappa shape index (κ1) is 15.2. The van der Waals surface area contributed by atoms with Crippen molar-refractivity contribution in [2.24, 2.45) is 0 Å². The number of fused-ring (bicyclic) bond motifs is 1. The summed E-state index contributed by atoms with van der Waals surface area (Å²) in [5.74, 6) is 0.657. The van der Waals surface area contributed by atoms with Gasteiger partial charge in [0.2, 0.25) is 5.91 Å². The third-order valence-corrected chi connectivity index (χ3v) is 3.61. The molecule has 118 valence electrons. The molecule has 1 N–H and O–H groups in total. The zero-order valence-corrected chi connectivity index (χ0v) is 13.2. The van der Waals surface area contributed by atoms with E-state index in [1.807, 2.05) is 60.0 Å². The maximum absolute atomic E-state index is 12.4. The summed E-state index contributed by atoms with van der Waals surface area (Å²) in [6.45, 7) is 2.56. The van der Waals surface area contributed by atoms with Gasteiger partial charge < -0.3 is 14.6 Å². The first-order valence-electron chi connectivity index (χ1n) is 7.47. The van der Waals surface area contributed by atoms with Gasteiger partial charge in [0.15, 0.2) is 0 Å². The van der Waals surface area contributed by atoms with Crippen LogP contribution in [0.3, 0.4) is 0 Å². The average molecular weight is 309 g/mol. The predicted molar refractivity (Wildman–Crippen MR) is 90.3 cm³/mol. The molecule has 23 heavy (non-hydrogen) atoms. The van der Waals surface area contributed by atoms with Crippen molar-refractivity contribution in [1.82, 2.24) is 9.55 Å². The van der Waals surface area contributed by atoms with Crippen molar-refractivity contribution in [3.63, 3.8) is 0 Å². The van der Waals surface area contributed by atoms with Crippen molar-refractivity contribution in [2.45, 2.75) is 20.1 Å². The molecule has 0 bridgehead atoms. The summed E-state index contributed by atoms with van der Waals surface area (Å²) in [5, 5.41) is 2.93. The Morgan fingerprint density at radius 1 is 1.22 bits per heavy atom. The van der Waals surface area contributed by atoms with Crippen LogP contribution in [0.2, 0.25) is 0 Å². The van der Waals surface area contributed by atoms with Gasteiger partial charge in [0.25, 0.3) is 0 Å². The normalized spacial score (nSPS) is 10.9. The van der Waals surface area contributed by atoms with Crippen molar-refractivity contribution < 1.29 is 9.53 Å². The van der Waals surface area contributed by atoms with E-state index in [0.29, 0.717) is 6.61 Å². The van der Waals surface area contributed by atoms with Crippen LogP contribution in [0.25, 0.3) is 11.0 Å². The number of benzene rings is 2. The highest BCUT2D eigenvalue weighted by atomic mass is 16.5. The number of methoxy groups -OCH3 is 1. The Hall–Kier alpha value is -2.66. The number of carbonyl (C=O) groups is 1. The average Bonchev–Trinajstić information content (AvgIpc) is 2.85. The quantitative estimate of drug-likeness (QED) is 0.788. The predicted octanol–water partition coefficient (Wildman–Crippen LogP) is 3.13. The number of aryl methyl sites for hydroxylation is 1. The zero-order valence-electron chi connectivity index (χ0n) is 13.2. The summed E-state index contributed by atoms with van der Waals surface area (Å²) in [5.41, 5.74) is 3.70. The summed E-state index contributed by atoms with van der Waals surface area (Å²) in [7, 11) is 1.62. The van der Waals surface area contributed by atoms with Crippen molar-refractivity contribution in [2.75, 3.05) is 12.4 Å². The fraction of sp³-hybridized carbons (Fsp3) is 0.222. The second kappa shape index (κ2) is 6.62. The van der Waals surface area contributed by atoms with E-state index >= 15 is 0 Å². The van der Waals surface area contributed by atoms with E-state index in [0.717, 1.165) is 28.1 Å². The lowest BCUT2D eigenvalue weighted by Crippen LogP contribution is -2.20. The lowest BCUT2D eigenvalue weighted by molar-refractivity contribution is -0.116. The maximum Gasteiger partial charge on any atom is 0.244 e. The summed E-state index contributed by atoms with van der Waals surface area (Å²) in [6, 6.07) is 15.5. The van der Waals surface area contributed by atoms with Crippen LogP contribution in [0, 0.1) is 6.92 Å². The molecule has 3 rings (SSSR count). The smallest absolute Gasteiger partial charge is 0.244 e. The number of para-hydroxylation sites is 2. The highest BCUT2D eigenvalue weighted by Gasteiger charge is 2.13. The molecule has 0 fully saturated rings. The van der Waals surface area contributed by atoms with Gasteiger partial charge in [-0.15, -0.1) is 0 Å². The highest BCUT2D eigenvalue weighted by Crippen LogP contribution is 2.17. The Balaban J connectivity index is 1.85. The number of anilines is 1. The number of nitrogens with one attached hydrogen (secondary N) is 1. The molecule has 3 aromatic rings. The van der Waals surface area contributed by atoms with Gasteiger partial charge in [-0.25, -0.2) is 4.98 Å². The fourth-order valence-electron chi connectivity index (χ4n) is 2.61. The molecular formula is C18H19N3O2. The van der Waals surface area contributed by atoms with Crippen LogP contribution in [0.5, 0.6) is 0 Å². The maximum atomic E-state index is 12.4. The Morgan fingerprint density at radius 2 is 2.04 bits per heavy atom. The standard InChI is InChI=1S/C18H19N3O2/c1-13-6-5-7-14(10-13)19-18(22)11-21-16-9-4-3-8-15(16)20-17(21)12-23-2/h3-10H,11-12H2,1-2H3,(H,19,22). The Kier molecular flexibility index (Phi) is 4.39. The van der Waals surface area contributed by atoms with Crippen LogP contribution in [0.1, 0.15) is 11.4 Å². The van der Waals surface area contributed by atoms with Crippen LogP contribution < -0.4 is 5.32 Å². The monoisotopic (exact) mass is 309 g/mol. The number of amides is 1. The number of nitrogens with zero attached hydrogens (tertiary/aromatic N) is 2. The first-order chi connectivity index (χ1) is 11.2. The van der Waals surface area contributed by atoms with Gasteiger partial charge in [-0.05, 0) is 36.8 Å². The van der Waals surface area contributed by atoms with Gasteiger partial charge in [-0.2, -0.15) is 0 Å². The van der Waals surface area contributed by atoms with E-state index in [1.54, 1.807) is 7.11 Å². The molecule has 2 aromatic carbocycles. The molecule has 1 amide bonds. The van der Waals surface area contributed by atoms with Gasteiger partial charge in [0.05, 0.1) is 11.0 Å². The molecule has 1 heterocycles. The molecule has 0 saturated heterocycles. The third kappa shape index (κ3) is 3.40. The number of rotatable bonds is 5. The van der Waals surface area contributed by atoms with Gasteiger partial charge in [-0.1, -0.05) is 24.3 Å². The zero-order chi connectivity index (χ0) is 16.2. The van der Waals surface area contributed by atoms with E-state index in [9.17, 15) is 4.79 Å². The minimum atomic E-state index is -0.0869. The van der Waals surface area contributed by atoms with Crippen molar-refractivity contribution in [3.05, 3.63) is 59.9 Å². The van der Waals surface area contributed by atoms with Crippen LogP contribution in [0.4, 0.5) is 5.69 Å². The number of hydrogen-bond donors (Lipinski definition) is 1. The molecule has 0 unspecified atom stereocenters. The largest absolute Gasteiger partial charge is 0.377 e. The van der Waals surface area contributed by atoms with E-state index in [-0.39, 0.29) is 12.5 Å². The second-order valence-electron chi connectivity index (χ2n) is 5.45. The number of hydrogen-bond acceptors (Lipinski definition) is 3. The minimum absolute atomic E-state index is 0.0869. The Labute approximate surface area is 134 Å². The molecule has 0 spiro atoms. The Bertz CT molecular complexity index is 839. The van der Waals surface area contributed by atoms with Gasteiger partial charge >= 0.3 is 0 Å². The summed E-state index contributed by atoms with van der Waals surface area (Å²) in [6.07, 6.45) is 0.